The van der Waals surface area contributed by atoms with Gasteiger partial charge in [-0.25, -0.2) is 4.39 Å². The minimum absolute atomic E-state index is 0.178. The average molecular weight is 258 g/mol. The second-order valence-corrected chi connectivity index (χ2v) is 3.36. The van der Waals surface area contributed by atoms with Crippen LogP contribution in [-0.2, 0) is 4.79 Å². The molecular formula is C10H11FN2O5. The molecular weight excluding hydrogens is 247 g/mol. The Morgan fingerprint density at radius 1 is 1.67 bits per heavy atom. The molecule has 2 N–H and O–H groups in total. The molecule has 1 aromatic carbocycles. The normalized spacial score (nSPS) is 11.9. The van der Waals surface area contributed by atoms with Crippen molar-refractivity contribution in [3.8, 4) is 5.75 Å². The summed E-state index contributed by atoms with van der Waals surface area (Å²) in [5.74, 6) is -2.09. The molecule has 0 radical (unpaired) electrons. The van der Waals surface area contributed by atoms with Crippen LogP contribution in [0.15, 0.2) is 18.2 Å². The predicted molar refractivity (Wildman–Crippen MR) is 59.0 cm³/mol. The van der Waals surface area contributed by atoms with E-state index in [1.165, 1.54) is 7.05 Å². The van der Waals surface area contributed by atoms with Crippen molar-refractivity contribution in [2.75, 3.05) is 13.7 Å². The fourth-order valence-corrected chi connectivity index (χ4v) is 1.21. The lowest BCUT2D eigenvalue weighted by atomic mass is 10.3. The highest BCUT2D eigenvalue weighted by atomic mass is 19.1. The van der Waals surface area contributed by atoms with Gasteiger partial charge in [0.05, 0.1) is 11.0 Å². The van der Waals surface area contributed by atoms with Crippen molar-refractivity contribution in [1.82, 2.24) is 5.32 Å². The van der Waals surface area contributed by atoms with Gasteiger partial charge in [0.15, 0.2) is 5.75 Å². The molecule has 0 heterocycles. The minimum Gasteiger partial charge on any atom is -0.485 e. The van der Waals surface area contributed by atoms with Crippen LogP contribution < -0.4 is 10.1 Å². The number of rotatable bonds is 6. The van der Waals surface area contributed by atoms with E-state index in [1.54, 1.807) is 0 Å². The van der Waals surface area contributed by atoms with E-state index in [1.807, 2.05) is 0 Å². The molecule has 1 rings (SSSR count). The molecule has 0 aliphatic rings. The van der Waals surface area contributed by atoms with Crippen molar-refractivity contribution in [1.29, 1.82) is 0 Å². The van der Waals surface area contributed by atoms with E-state index in [9.17, 15) is 19.3 Å². The number of hydrogen-bond acceptors (Lipinski definition) is 5. The first kappa shape index (κ1) is 13.8. The van der Waals surface area contributed by atoms with Crippen LogP contribution in [-0.4, -0.2) is 35.7 Å². The van der Waals surface area contributed by atoms with Crippen molar-refractivity contribution in [3.05, 3.63) is 34.1 Å². The molecule has 1 aromatic rings. The van der Waals surface area contributed by atoms with Gasteiger partial charge >= 0.3 is 11.7 Å². The molecule has 0 aromatic heterocycles. The van der Waals surface area contributed by atoms with E-state index in [2.05, 4.69) is 5.32 Å². The smallest absolute Gasteiger partial charge is 0.324 e. The van der Waals surface area contributed by atoms with E-state index < -0.39 is 28.4 Å². The van der Waals surface area contributed by atoms with E-state index in [0.717, 1.165) is 12.1 Å². The Morgan fingerprint density at radius 2 is 2.33 bits per heavy atom. The number of nitrogens with zero attached hydrogens (tertiary/aromatic N) is 1. The summed E-state index contributed by atoms with van der Waals surface area (Å²) in [6.07, 6.45) is 0. The van der Waals surface area contributed by atoms with Crippen LogP contribution in [0.25, 0.3) is 0 Å². The maximum Gasteiger partial charge on any atom is 0.324 e. The van der Waals surface area contributed by atoms with Crippen LogP contribution in [0.2, 0.25) is 0 Å². The Hall–Kier alpha value is -2.22. The molecule has 0 saturated carbocycles. The zero-order chi connectivity index (χ0) is 13.7. The van der Waals surface area contributed by atoms with Gasteiger partial charge < -0.3 is 15.2 Å². The number of likely N-dealkylation sites (N-methyl/N-ethyl adjacent to an activating group) is 1. The van der Waals surface area contributed by atoms with Gasteiger partial charge in [-0.3, -0.25) is 14.9 Å². The highest BCUT2D eigenvalue weighted by molar-refractivity contribution is 5.73. The summed E-state index contributed by atoms with van der Waals surface area (Å²) in [5.41, 5.74) is -0.546. The van der Waals surface area contributed by atoms with E-state index in [4.69, 9.17) is 9.84 Å². The Bertz CT molecular complexity index is 466. The number of nitrogens with one attached hydrogen (secondary N) is 1. The van der Waals surface area contributed by atoms with Gasteiger partial charge in [0.1, 0.15) is 18.5 Å². The molecule has 0 amide bonds. The summed E-state index contributed by atoms with van der Waals surface area (Å²) < 4.78 is 17.9. The van der Waals surface area contributed by atoms with Crippen molar-refractivity contribution >= 4 is 11.7 Å². The zero-order valence-corrected chi connectivity index (χ0v) is 9.42. The molecule has 0 aliphatic heterocycles. The highest BCUT2D eigenvalue weighted by Gasteiger charge is 2.20. The van der Waals surface area contributed by atoms with E-state index in [0.29, 0.717) is 6.07 Å². The van der Waals surface area contributed by atoms with Gasteiger partial charge in [-0.1, -0.05) is 0 Å². The summed E-state index contributed by atoms with van der Waals surface area (Å²) in [6, 6.07) is 1.79. The molecule has 8 heteroatoms. The van der Waals surface area contributed by atoms with Crippen molar-refractivity contribution in [2.24, 2.45) is 0 Å². The van der Waals surface area contributed by atoms with Gasteiger partial charge in [-0.15, -0.1) is 0 Å². The third kappa shape index (κ3) is 3.39. The first-order valence-corrected chi connectivity index (χ1v) is 4.92. The number of nitro benzene ring substituents is 1. The number of hydrogen-bond donors (Lipinski definition) is 2. The molecule has 0 spiro atoms. The molecule has 0 fully saturated rings. The van der Waals surface area contributed by atoms with Crippen LogP contribution in [0.5, 0.6) is 5.75 Å². The van der Waals surface area contributed by atoms with Gasteiger partial charge in [-0.2, -0.15) is 0 Å². The summed E-state index contributed by atoms with van der Waals surface area (Å²) in [4.78, 5) is 20.5. The third-order valence-corrected chi connectivity index (χ3v) is 2.17. The number of carboxylic acids is 1. The third-order valence-electron chi connectivity index (χ3n) is 2.17. The first-order chi connectivity index (χ1) is 8.45. The number of nitro groups is 1. The minimum atomic E-state index is -1.15. The lowest BCUT2D eigenvalue weighted by Gasteiger charge is -2.12. The monoisotopic (exact) mass is 258 g/mol. The second kappa shape index (κ2) is 5.92. The van der Waals surface area contributed by atoms with Crippen LogP contribution in [0.1, 0.15) is 0 Å². The number of carbonyl (C=O) groups is 1. The Labute approximate surface area is 101 Å². The molecule has 18 heavy (non-hydrogen) atoms. The summed E-state index contributed by atoms with van der Waals surface area (Å²) >= 11 is 0. The van der Waals surface area contributed by atoms with Gasteiger partial charge in [0, 0.05) is 0 Å². The Morgan fingerprint density at radius 3 is 2.83 bits per heavy atom. The fourth-order valence-electron chi connectivity index (χ4n) is 1.21. The molecule has 7 nitrogen and oxygen atoms in total. The van der Waals surface area contributed by atoms with E-state index >= 15 is 0 Å². The maximum atomic E-state index is 12.8. The summed E-state index contributed by atoms with van der Waals surface area (Å²) in [5, 5.41) is 21.8. The Balaban J connectivity index is 2.84. The maximum absolute atomic E-state index is 12.8. The zero-order valence-electron chi connectivity index (χ0n) is 9.42. The van der Waals surface area contributed by atoms with Crippen LogP contribution in [0, 0.1) is 15.9 Å². The molecule has 1 atom stereocenters. The van der Waals surface area contributed by atoms with E-state index in [-0.39, 0.29) is 12.4 Å². The lowest BCUT2D eigenvalue weighted by Crippen LogP contribution is -2.39. The molecule has 1 unspecified atom stereocenters. The lowest BCUT2D eigenvalue weighted by molar-refractivity contribution is -0.386. The second-order valence-electron chi connectivity index (χ2n) is 3.36. The molecule has 0 aliphatic carbocycles. The van der Waals surface area contributed by atoms with Crippen molar-refractivity contribution in [3.63, 3.8) is 0 Å². The van der Waals surface area contributed by atoms with Crippen LogP contribution in [0.3, 0.4) is 0 Å². The summed E-state index contributed by atoms with van der Waals surface area (Å²) in [7, 11) is 1.42. The fraction of sp³-hybridized carbons (Fsp3) is 0.300. The van der Waals surface area contributed by atoms with Gasteiger partial charge in [-0.05, 0) is 19.2 Å². The van der Waals surface area contributed by atoms with Crippen molar-refractivity contribution < 1.29 is 24.0 Å². The molecule has 0 bridgehead atoms. The number of halogens is 1. The summed E-state index contributed by atoms with van der Waals surface area (Å²) in [6.45, 7) is -0.307. The quantitative estimate of drug-likeness (QED) is 0.577. The van der Waals surface area contributed by atoms with Crippen LogP contribution >= 0.6 is 0 Å². The molecule has 0 saturated heterocycles. The first-order valence-electron chi connectivity index (χ1n) is 4.92. The highest BCUT2D eigenvalue weighted by Crippen LogP contribution is 2.27. The van der Waals surface area contributed by atoms with Crippen molar-refractivity contribution in [2.45, 2.75) is 6.04 Å². The van der Waals surface area contributed by atoms with Crippen LogP contribution in [0.4, 0.5) is 10.1 Å². The SMILES string of the molecule is CNC(COc1ccc(F)cc1[N+](=O)[O-])C(=O)O. The average Bonchev–Trinajstić information content (AvgIpc) is 2.30. The molecule has 98 valence electrons. The number of aliphatic carboxylic acids is 1. The standard InChI is InChI=1S/C10H11FN2O5/c1-12-7(10(14)15)5-18-9-3-2-6(11)4-8(9)13(16)17/h2-4,7,12H,5H2,1H3,(H,14,15). The van der Waals surface area contributed by atoms with Gasteiger partial charge in [0.25, 0.3) is 0 Å². The topological polar surface area (TPSA) is 102 Å². The largest absolute Gasteiger partial charge is 0.485 e. The predicted octanol–water partition coefficient (Wildman–Crippen LogP) is 0.785. The Kier molecular flexibility index (Phi) is 4.55. The van der Waals surface area contributed by atoms with Gasteiger partial charge in [0.2, 0.25) is 0 Å². The number of carboxylic acid groups (broad SMARTS) is 1. The number of benzene rings is 1. The number of ether oxygens (including phenoxy) is 1.